The van der Waals surface area contributed by atoms with E-state index in [2.05, 4.69) is 10.3 Å². The van der Waals surface area contributed by atoms with Gasteiger partial charge in [-0.25, -0.2) is 4.79 Å². The molecule has 0 saturated carbocycles. The predicted octanol–water partition coefficient (Wildman–Crippen LogP) is 3.31. The largest absolute Gasteiger partial charge is 0.444 e. The zero-order valence-electron chi connectivity index (χ0n) is 14.0. The number of thioether (sulfide) groups is 1. The summed E-state index contributed by atoms with van der Waals surface area (Å²) in [6.07, 6.45) is 8.44. The van der Waals surface area contributed by atoms with E-state index < -0.39 is 17.7 Å². The number of hydrogen-bond donors (Lipinski definition) is 1. The van der Waals surface area contributed by atoms with E-state index in [4.69, 9.17) is 4.74 Å². The lowest BCUT2D eigenvalue weighted by Crippen LogP contribution is -2.43. The highest BCUT2D eigenvalue weighted by Crippen LogP contribution is 2.09. The van der Waals surface area contributed by atoms with Crippen molar-refractivity contribution < 1.29 is 14.3 Å². The topological polar surface area (TPSA) is 68.3 Å². The van der Waals surface area contributed by atoms with Gasteiger partial charge in [-0.1, -0.05) is 6.07 Å². The van der Waals surface area contributed by atoms with Crippen LogP contribution in [0.3, 0.4) is 0 Å². The van der Waals surface area contributed by atoms with E-state index in [0.29, 0.717) is 6.42 Å². The summed E-state index contributed by atoms with van der Waals surface area (Å²) in [5.74, 6) is 0.612. The molecule has 1 aromatic rings. The van der Waals surface area contributed by atoms with Crippen LogP contribution >= 0.6 is 11.8 Å². The van der Waals surface area contributed by atoms with E-state index >= 15 is 0 Å². The number of carbonyl (C=O) groups excluding carboxylic acids is 2. The fourth-order valence-electron chi connectivity index (χ4n) is 1.74. The van der Waals surface area contributed by atoms with E-state index in [0.717, 1.165) is 11.3 Å². The zero-order valence-corrected chi connectivity index (χ0v) is 14.9. The number of ketones is 1. The van der Waals surface area contributed by atoms with Crippen LogP contribution in [0.4, 0.5) is 4.79 Å². The minimum absolute atomic E-state index is 0.159. The Labute approximate surface area is 141 Å². The van der Waals surface area contributed by atoms with Gasteiger partial charge in [-0.15, -0.1) is 0 Å². The van der Waals surface area contributed by atoms with Gasteiger partial charge in [0.2, 0.25) is 0 Å². The molecule has 1 heterocycles. The summed E-state index contributed by atoms with van der Waals surface area (Å²) >= 11 is 1.62. The molecule has 0 spiro atoms. The van der Waals surface area contributed by atoms with Gasteiger partial charge in [0, 0.05) is 12.4 Å². The first-order valence-corrected chi connectivity index (χ1v) is 8.81. The molecule has 6 heteroatoms. The molecular weight excluding hydrogens is 312 g/mol. The average Bonchev–Trinajstić information content (AvgIpc) is 2.48. The normalized spacial score (nSPS) is 12.9. The lowest BCUT2D eigenvalue weighted by molar-refractivity contribution is -0.116. The van der Waals surface area contributed by atoms with E-state index in [-0.39, 0.29) is 5.78 Å². The fraction of sp³-hybridized carbons (Fsp3) is 0.471. The molecule has 0 aliphatic carbocycles. The lowest BCUT2D eigenvalue weighted by atomic mass is 10.1. The van der Waals surface area contributed by atoms with Gasteiger partial charge in [-0.05, 0) is 63.0 Å². The third kappa shape index (κ3) is 8.40. The molecule has 1 amide bonds. The van der Waals surface area contributed by atoms with Crippen molar-refractivity contribution in [1.82, 2.24) is 10.3 Å². The summed E-state index contributed by atoms with van der Waals surface area (Å²) < 4.78 is 5.22. The number of carbonyl (C=O) groups is 2. The molecule has 0 aromatic carbocycles. The molecule has 1 aromatic heterocycles. The summed E-state index contributed by atoms with van der Waals surface area (Å²) in [7, 11) is 0. The third-order valence-corrected chi connectivity index (χ3v) is 3.41. The molecule has 23 heavy (non-hydrogen) atoms. The van der Waals surface area contributed by atoms with Gasteiger partial charge >= 0.3 is 6.09 Å². The van der Waals surface area contributed by atoms with Gasteiger partial charge in [-0.2, -0.15) is 11.8 Å². The van der Waals surface area contributed by atoms with Gasteiger partial charge in [0.05, 0.1) is 6.04 Å². The molecular formula is C17H24N2O3S. The molecule has 0 saturated heterocycles. The SMILES string of the molecule is CSCC[C@H](NC(=O)OC(C)(C)C)C(=O)C=Cc1cccnc1. The standard InChI is InChI=1S/C17H24N2O3S/c1-17(2,3)22-16(21)19-14(9-11-23-4)15(20)8-7-13-6-5-10-18-12-13/h5-8,10,12,14H,9,11H2,1-4H3,(H,19,21)/t14-/m0/s1. The van der Waals surface area contributed by atoms with Crippen molar-refractivity contribution in [2.24, 2.45) is 0 Å². The number of hydrogen-bond acceptors (Lipinski definition) is 5. The molecule has 0 unspecified atom stereocenters. The Balaban J connectivity index is 2.70. The minimum Gasteiger partial charge on any atom is -0.444 e. The van der Waals surface area contributed by atoms with Crippen molar-refractivity contribution in [1.29, 1.82) is 0 Å². The number of aromatic nitrogens is 1. The summed E-state index contributed by atoms with van der Waals surface area (Å²) in [5.41, 5.74) is 0.240. The molecule has 0 aliphatic heterocycles. The van der Waals surface area contributed by atoms with Gasteiger partial charge in [-0.3, -0.25) is 9.78 Å². The highest BCUT2D eigenvalue weighted by atomic mass is 32.2. The number of amides is 1. The number of nitrogens with one attached hydrogen (secondary N) is 1. The fourth-order valence-corrected chi connectivity index (χ4v) is 2.21. The van der Waals surface area contributed by atoms with Gasteiger partial charge in [0.25, 0.3) is 0 Å². The summed E-state index contributed by atoms with van der Waals surface area (Å²) in [6.45, 7) is 5.36. The highest BCUT2D eigenvalue weighted by molar-refractivity contribution is 7.98. The first kappa shape index (κ1) is 19.2. The van der Waals surface area contributed by atoms with E-state index in [1.54, 1.807) is 57.1 Å². The van der Waals surface area contributed by atoms with Gasteiger partial charge in [0.1, 0.15) is 5.60 Å². The molecule has 1 rings (SSSR count). The predicted molar refractivity (Wildman–Crippen MR) is 94.4 cm³/mol. The maximum Gasteiger partial charge on any atom is 0.408 e. The number of ether oxygens (including phenoxy) is 1. The van der Waals surface area contributed by atoms with Crippen LogP contribution in [0, 0.1) is 0 Å². The van der Waals surface area contributed by atoms with Crippen molar-refractivity contribution >= 4 is 29.7 Å². The van der Waals surface area contributed by atoms with Crippen molar-refractivity contribution in [3.8, 4) is 0 Å². The number of nitrogens with zero attached hydrogens (tertiary/aromatic N) is 1. The van der Waals surface area contributed by atoms with E-state index in [9.17, 15) is 9.59 Å². The molecule has 0 aliphatic rings. The maximum absolute atomic E-state index is 12.3. The zero-order chi connectivity index (χ0) is 17.3. The van der Waals surface area contributed by atoms with Crippen LogP contribution < -0.4 is 5.32 Å². The van der Waals surface area contributed by atoms with Crippen molar-refractivity contribution in [2.45, 2.75) is 38.8 Å². The quantitative estimate of drug-likeness (QED) is 0.774. The first-order valence-electron chi connectivity index (χ1n) is 7.42. The van der Waals surface area contributed by atoms with Crippen LogP contribution in [-0.4, -0.2) is 40.5 Å². The second-order valence-corrected chi connectivity index (χ2v) is 6.99. The van der Waals surface area contributed by atoms with Crippen LogP contribution in [0.15, 0.2) is 30.6 Å². The van der Waals surface area contributed by atoms with Crippen LogP contribution in [0.25, 0.3) is 6.08 Å². The Morgan fingerprint density at radius 1 is 1.43 bits per heavy atom. The van der Waals surface area contributed by atoms with Crippen LogP contribution in [0.2, 0.25) is 0 Å². The Kier molecular flexibility index (Phi) is 7.81. The Morgan fingerprint density at radius 2 is 2.17 bits per heavy atom. The lowest BCUT2D eigenvalue weighted by Gasteiger charge is -2.22. The second-order valence-electron chi connectivity index (χ2n) is 6.00. The molecule has 1 N–H and O–H groups in total. The van der Waals surface area contributed by atoms with Crippen molar-refractivity contribution in [3.05, 3.63) is 36.2 Å². The molecule has 0 radical (unpaired) electrons. The molecule has 0 fully saturated rings. The summed E-state index contributed by atoms with van der Waals surface area (Å²) in [6, 6.07) is 3.06. The molecule has 0 bridgehead atoms. The summed E-state index contributed by atoms with van der Waals surface area (Å²) in [4.78, 5) is 28.2. The smallest absolute Gasteiger partial charge is 0.408 e. The van der Waals surface area contributed by atoms with Crippen molar-refractivity contribution in [2.75, 3.05) is 12.0 Å². The maximum atomic E-state index is 12.3. The van der Waals surface area contributed by atoms with E-state index in [1.165, 1.54) is 6.08 Å². The van der Waals surface area contributed by atoms with Crippen LogP contribution in [0.5, 0.6) is 0 Å². The number of rotatable bonds is 7. The molecule has 1 atom stereocenters. The third-order valence-electron chi connectivity index (χ3n) is 2.77. The molecule has 5 nitrogen and oxygen atoms in total. The second kappa shape index (κ2) is 9.35. The number of pyridine rings is 1. The van der Waals surface area contributed by atoms with Crippen molar-refractivity contribution in [3.63, 3.8) is 0 Å². The first-order chi connectivity index (χ1) is 10.8. The minimum atomic E-state index is -0.595. The monoisotopic (exact) mass is 336 g/mol. The van der Waals surface area contributed by atoms with Crippen LogP contribution in [-0.2, 0) is 9.53 Å². The van der Waals surface area contributed by atoms with Gasteiger partial charge < -0.3 is 10.1 Å². The van der Waals surface area contributed by atoms with E-state index in [1.807, 2.05) is 12.3 Å². The Morgan fingerprint density at radius 3 is 2.74 bits per heavy atom. The molecule has 126 valence electrons. The average molecular weight is 336 g/mol. The Bertz CT molecular complexity index is 539. The number of alkyl carbamates (subject to hydrolysis) is 1. The summed E-state index contributed by atoms with van der Waals surface area (Å²) in [5, 5.41) is 2.65. The highest BCUT2D eigenvalue weighted by Gasteiger charge is 2.22. The van der Waals surface area contributed by atoms with Crippen LogP contribution in [0.1, 0.15) is 32.8 Å². The van der Waals surface area contributed by atoms with Gasteiger partial charge in [0.15, 0.2) is 5.78 Å². The Hall–Kier alpha value is -1.82.